The summed E-state index contributed by atoms with van der Waals surface area (Å²) >= 11 is 1.55. The number of hydrogen-bond donors (Lipinski definition) is 1. The molecule has 0 radical (unpaired) electrons. The molecule has 1 saturated heterocycles. The highest BCUT2D eigenvalue weighted by Gasteiger charge is 2.21. The van der Waals surface area contributed by atoms with Crippen LogP contribution in [0.4, 0.5) is 5.69 Å². The fourth-order valence-corrected chi connectivity index (χ4v) is 4.07. The number of carbonyl (C=O) groups is 1. The van der Waals surface area contributed by atoms with Gasteiger partial charge >= 0.3 is 0 Å². The van der Waals surface area contributed by atoms with Crippen LogP contribution >= 0.6 is 11.8 Å². The van der Waals surface area contributed by atoms with Crippen molar-refractivity contribution in [3.63, 3.8) is 0 Å². The van der Waals surface area contributed by atoms with Crippen molar-refractivity contribution in [2.45, 2.75) is 37.4 Å². The van der Waals surface area contributed by atoms with E-state index in [0.717, 1.165) is 43.2 Å². The summed E-state index contributed by atoms with van der Waals surface area (Å²) in [6.45, 7) is 2.95. The molecule has 0 aliphatic carbocycles. The molecule has 2 aromatic rings. The number of aromatic nitrogens is 2. The van der Waals surface area contributed by atoms with Gasteiger partial charge in [0.2, 0.25) is 5.91 Å². The molecule has 1 N–H and O–H groups in total. The average Bonchev–Trinajstić information content (AvgIpc) is 2.78. The first-order chi connectivity index (χ1) is 14.6. The van der Waals surface area contributed by atoms with E-state index in [-0.39, 0.29) is 5.91 Å². The normalized spacial score (nSPS) is 16.8. The van der Waals surface area contributed by atoms with Gasteiger partial charge in [0.1, 0.15) is 11.5 Å². The number of thioether (sulfide) groups is 1. The zero-order valence-corrected chi connectivity index (χ0v) is 18.7. The van der Waals surface area contributed by atoms with E-state index in [2.05, 4.69) is 20.2 Å². The third-order valence-corrected chi connectivity index (χ3v) is 5.86. The standard InChI is InChI=1S/C22H30N4O3S/c1-28-19-9-18(10-20(11-19)29-2)25-21(27)7-6-16-5-4-8-26(14-16)15-17-12-23-22(30-3)24-13-17/h9-13,16H,4-8,14-15H2,1-3H3,(H,25,27)/t16-/m0/s1. The number of anilines is 1. The number of methoxy groups -OCH3 is 2. The lowest BCUT2D eigenvalue weighted by atomic mass is 9.93. The summed E-state index contributed by atoms with van der Waals surface area (Å²) in [5.41, 5.74) is 1.83. The molecular formula is C22H30N4O3S. The van der Waals surface area contributed by atoms with Gasteiger partial charge < -0.3 is 14.8 Å². The molecule has 2 heterocycles. The number of ether oxygens (including phenoxy) is 2. The predicted octanol–water partition coefficient (Wildman–Crippen LogP) is 3.85. The van der Waals surface area contributed by atoms with Crippen LogP contribution in [0.15, 0.2) is 35.7 Å². The topological polar surface area (TPSA) is 76.6 Å². The summed E-state index contributed by atoms with van der Waals surface area (Å²) in [5.74, 6) is 1.85. The zero-order chi connectivity index (χ0) is 21.3. The second-order valence-electron chi connectivity index (χ2n) is 7.51. The maximum absolute atomic E-state index is 12.5. The van der Waals surface area contributed by atoms with Crippen LogP contribution in [0, 0.1) is 5.92 Å². The Morgan fingerprint density at radius 1 is 1.20 bits per heavy atom. The van der Waals surface area contributed by atoms with Crippen LogP contribution < -0.4 is 14.8 Å². The van der Waals surface area contributed by atoms with Crippen molar-refractivity contribution in [2.24, 2.45) is 5.92 Å². The van der Waals surface area contributed by atoms with Gasteiger partial charge in [-0.15, -0.1) is 0 Å². The maximum Gasteiger partial charge on any atom is 0.224 e. The monoisotopic (exact) mass is 430 g/mol. The van der Waals surface area contributed by atoms with Crippen LogP contribution in [0.1, 0.15) is 31.2 Å². The Labute approximate surface area is 182 Å². The second-order valence-corrected chi connectivity index (χ2v) is 8.28. The van der Waals surface area contributed by atoms with Crippen molar-refractivity contribution < 1.29 is 14.3 Å². The van der Waals surface area contributed by atoms with Crippen molar-refractivity contribution in [3.8, 4) is 11.5 Å². The largest absolute Gasteiger partial charge is 0.497 e. The minimum absolute atomic E-state index is 0.0171. The van der Waals surface area contributed by atoms with Gasteiger partial charge in [-0.25, -0.2) is 9.97 Å². The number of carbonyl (C=O) groups excluding carboxylic acids is 1. The first kappa shape index (κ1) is 22.4. The molecule has 1 amide bonds. The van der Waals surface area contributed by atoms with Gasteiger partial charge in [0, 0.05) is 61.4 Å². The summed E-state index contributed by atoms with van der Waals surface area (Å²) in [6, 6.07) is 5.38. The summed E-state index contributed by atoms with van der Waals surface area (Å²) < 4.78 is 10.5. The highest BCUT2D eigenvalue weighted by molar-refractivity contribution is 7.98. The van der Waals surface area contributed by atoms with Gasteiger partial charge in [0.15, 0.2) is 5.16 Å². The number of rotatable bonds is 9. The second kappa shape index (κ2) is 11.2. The number of piperidine rings is 1. The molecule has 1 aliphatic heterocycles. The number of nitrogens with zero attached hydrogens (tertiary/aromatic N) is 3. The minimum Gasteiger partial charge on any atom is -0.497 e. The Bertz CT molecular complexity index is 809. The summed E-state index contributed by atoms with van der Waals surface area (Å²) in [4.78, 5) is 23.6. The molecule has 8 heteroatoms. The Hall–Kier alpha value is -2.32. The van der Waals surface area contributed by atoms with E-state index in [4.69, 9.17) is 9.47 Å². The molecule has 1 fully saturated rings. The quantitative estimate of drug-likeness (QED) is 0.478. The van der Waals surface area contributed by atoms with Gasteiger partial charge in [0.25, 0.3) is 0 Å². The molecular weight excluding hydrogens is 400 g/mol. The first-order valence-electron chi connectivity index (χ1n) is 10.2. The van der Waals surface area contributed by atoms with Crippen molar-refractivity contribution in [1.82, 2.24) is 14.9 Å². The van der Waals surface area contributed by atoms with Crippen molar-refractivity contribution in [1.29, 1.82) is 0 Å². The lowest BCUT2D eigenvalue weighted by Crippen LogP contribution is -2.35. The van der Waals surface area contributed by atoms with Crippen molar-refractivity contribution >= 4 is 23.4 Å². The predicted molar refractivity (Wildman–Crippen MR) is 119 cm³/mol. The van der Waals surface area contributed by atoms with E-state index in [1.165, 1.54) is 6.42 Å². The number of hydrogen-bond acceptors (Lipinski definition) is 7. The Morgan fingerprint density at radius 2 is 1.90 bits per heavy atom. The third kappa shape index (κ3) is 6.60. The Kier molecular flexibility index (Phi) is 8.33. The van der Waals surface area contributed by atoms with E-state index in [1.54, 1.807) is 44.2 Å². The lowest BCUT2D eigenvalue weighted by Gasteiger charge is -2.32. The van der Waals surface area contributed by atoms with Gasteiger partial charge in [-0.05, 0) is 38.0 Å². The van der Waals surface area contributed by atoms with Gasteiger partial charge in [-0.2, -0.15) is 0 Å². The number of likely N-dealkylation sites (tertiary alicyclic amines) is 1. The van der Waals surface area contributed by atoms with Gasteiger partial charge in [0.05, 0.1) is 14.2 Å². The molecule has 0 saturated carbocycles. The van der Waals surface area contributed by atoms with E-state index in [1.807, 2.05) is 18.6 Å². The summed E-state index contributed by atoms with van der Waals surface area (Å²) in [5, 5.41) is 3.76. The maximum atomic E-state index is 12.5. The van der Waals surface area contributed by atoms with Crippen LogP contribution in [0.2, 0.25) is 0 Å². The molecule has 1 aliphatic rings. The molecule has 0 bridgehead atoms. The average molecular weight is 431 g/mol. The fraction of sp³-hybridized carbons (Fsp3) is 0.500. The zero-order valence-electron chi connectivity index (χ0n) is 17.9. The SMILES string of the molecule is COc1cc(NC(=O)CC[C@@H]2CCCN(Cc3cnc(SC)nc3)C2)cc(OC)c1. The lowest BCUT2D eigenvalue weighted by molar-refractivity contribution is -0.116. The number of nitrogens with one attached hydrogen (secondary N) is 1. The molecule has 0 spiro atoms. The Morgan fingerprint density at radius 3 is 2.53 bits per heavy atom. The molecule has 1 aromatic carbocycles. The molecule has 1 aromatic heterocycles. The van der Waals surface area contributed by atoms with Crippen LogP contribution in [0.5, 0.6) is 11.5 Å². The molecule has 3 rings (SSSR count). The molecule has 30 heavy (non-hydrogen) atoms. The van der Waals surface area contributed by atoms with Crippen LogP contribution in [0.25, 0.3) is 0 Å². The minimum atomic E-state index is 0.0171. The van der Waals surface area contributed by atoms with Crippen molar-refractivity contribution in [2.75, 3.05) is 38.9 Å². The van der Waals surface area contributed by atoms with Crippen LogP contribution in [-0.2, 0) is 11.3 Å². The van der Waals surface area contributed by atoms with E-state index >= 15 is 0 Å². The highest BCUT2D eigenvalue weighted by atomic mass is 32.2. The van der Waals surface area contributed by atoms with E-state index < -0.39 is 0 Å². The number of benzene rings is 1. The van der Waals surface area contributed by atoms with Crippen LogP contribution in [0.3, 0.4) is 0 Å². The third-order valence-electron chi connectivity index (χ3n) is 5.29. The van der Waals surface area contributed by atoms with Crippen molar-refractivity contribution in [3.05, 3.63) is 36.2 Å². The summed E-state index contributed by atoms with van der Waals surface area (Å²) in [7, 11) is 3.19. The molecule has 7 nitrogen and oxygen atoms in total. The molecule has 162 valence electrons. The molecule has 1 atom stereocenters. The molecule has 0 unspecified atom stereocenters. The smallest absolute Gasteiger partial charge is 0.224 e. The number of amides is 1. The fourth-order valence-electron chi connectivity index (χ4n) is 3.76. The Balaban J connectivity index is 1.47. The van der Waals surface area contributed by atoms with E-state index in [0.29, 0.717) is 29.5 Å². The van der Waals surface area contributed by atoms with Gasteiger partial charge in [-0.1, -0.05) is 11.8 Å². The first-order valence-corrected chi connectivity index (χ1v) is 11.4. The van der Waals surface area contributed by atoms with Gasteiger partial charge in [-0.3, -0.25) is 9.69 Å². The van der Waals surface area contributed by atoms with E-state index in [9.17, 15) is 4.79 Å². The highest BCUT2D eigenvalue weighted by Crippen LogP contribution is 2.27. The van der Waals surface area contributed by atoms with Crippen LogP contribution in [-0.4, -0.2) is 54.3 Å². The summed E-state index contributed by atoms with van der Waals surface area (Å²) in [6.07, 6.45) is 9.51.